The zero-order valence-electron chi connectivity index (χ0n) is 13.5. The Balaban J connectivity index is 1.82. The molecule has 5 nitrogen and oxygen atoms in total. The molecule has 2 N–H and O–H groups in total. The summed E-state index contributed by atoms with van der Waals surface area (Å²) in [7, 11) is -3.80. The summed E-state index contributed by atoms with van der Waals surface area (Å²) in [5, 5.41) is 3.43. The molecular weight excluding hydrogens is 360 g/mol. The van der Waals surface area contributed by atoms with Crippen LogP contribution in [0.2, 0.25) is 5.02 Å². The zero-order valence-corrected chi connectivity index (χ0v) is 15.1. The summed E-state index contributed by atoms with van der Waals surface area (Å²) < 4.78 is 27.6. The van der Waals surface area contributed by atoms with Crippen LogP contribution in [0.25, 0.3) is 0 Å². The third kappa shape index (κ3) is 4.32. The highest BCUT2D eigenvalue weighted by Crippen LogP contribution is 2.23. The molecule has 0 saturated heterocycles. The van der Waals surface area contributed by atoms with Gasteiger partial charge < -0.3 is 5.32 Å². The molecule has 1 aliphatic rings. The Bertz CT molecular complexity index is 860. The van der Waals surface area contributed by atoms with E-state index in [1.807, 2.05) is 0 Å². The number of hydrogen-bond acceptors (Lipinski definition) is 3. The van der Waals surface area contributed by atoms with Crippen LogP contribution in [0.15, 0.2) is 53.4 Å². The van der Waals surface area contributed by atoms with E-state index in [1.165, 1.54) is 24.3 Å². The van der Waals surface area contributed by atoms with E-state index in [1.54, 1.807) is 24.3 Å². The van der Waals surface area contributed by atoms with Crippen LogP contribution in [0.1, 0.15) is 36.0 Å². The van der Waals surface area contributed by atoms with E-state index in [0.717, 1.165) is 25.7 Å². The van der Waals surface area contributed by atoms with Crippen molar-refractivity contribution >= 4 is 33.2 Å². The summed E-state index contributed by atoms with van der Waals surface area (Å²) in [5.74, 6) is -0.263. The average molecular weight is 379 g/mol. The lowest BCUT2D eigenvalue weighted by molar-refractivity contribution is 0.0939. The van der Waals surface area contributed by atoms with Crippen molar-refractivity contribution in [2.24, 2.45) is 0 Å². The number of rotatable bonds is 5. The second-order valence-corrected chi connectivity index (χ2v) is 8.18. The van der Waals surface area contributed by atoms with Gasteiger partial charge in [-0.2, -0.15) is 0 Å². The second-order valence-electron chi connectivity index (χ2n) is 6.06. The Morgan fingerprint density at radius 1 is 1.00 bits per heavy atom. The topological polar surface area (TPSA) is 75.3 Å². The molecule has 0 unspecified atom stereocenters. The van der Waals surface area contributed by atoms with Crippen molar-refractivity contribution in [3.63, 3.8) is 0 Å². The number of para-hydroxylation sites is 1. The molecule has 0 aromatic heterocycles. The third-order valence-electron chi connectivity index (χ3n) is 4.23. The molecule has 0 aliphatic heterocycles. The molecule has 7 heteroatoms. The Morgan fingerprint density at radius 2 is 1.64 bits per heavy atom. The van der Waals surface area contributed by atoms with E-state index in [-0.39, 0.29) is 22.5 Å². The van der Waals surface area contributed by atoms with Gasteiger partial charge in [0.1, 0.15) is 0 Å². The molecule has 0 bridgehead atoms. The molecule has 2 aromatic carbocycles. The van der Waals surface area contributed by atoms with Crippen molar-refractivity contribution in [2.75, 3.05) is 4.72 Å². The van der Waals surface area contributed by atoms with Crippen LogP contribution in [0.4, 0.5) is 5.69 Å². The van der Waals surface area contributed by atoms with Crippen LogP contribution in [0.5, 0.6) is 0 Å². The summed E-state index contributed by atoms with van der Waals surface area (Å²) in [6, 6.07) is 12.6. The highest BCUT2D eigenvalue weighted by Gasteiger charge is 2.22. The quantitative estimate of drug-likeness (QED) is 0.830. The largest absolute Gasteiger partial charge is 0.349 e. The zero-order chi connectivity index (χ0) is 17.9. The lowest BCUT2D eigenvalue weighted by Gasteiger charge is -2.15. The first kappa shape index (κ1) is 17.8. The number of amides is 1. The van der Waals surface area contributed by atoms with Crippen LogP contribution in [-0.2, 0) is 10.0 Å². The van der Waals surface area contributed by atoms with E-state index in [0.29, 0.717) is 10.6 Å². The number of carbonyl (C=O) groups is 1. The number of hydrogen-bond donors (Lipinski definition) is 2. The van der Waals surface area contributed by atoms with Gasteiger partial charge in [-0.3, -0.25) is 9.52 Å². The number of nitrogens with one attached hydrogen (secondary N) is 2. The van der Waals surface area contributed by atoms with E-state index < -0.39 is 10.0 Å². The van der Waals surface area contributed by atoms with Crippen molar-refractivity contribution in [1.29, 1.82) is 0 Å². The van der Waals surface area contributed by atoms with Gasteiger partial charge in [0.25, 0.3) is 15.9 Å². The summed E-state index contributed by atoms with van der Waals surface area (Å²) in [6.45, 7) is 0. The van der Waals surface area contributed by atoms with E-state index in [4.69, 9.17) is 11.6 Å². The van der Waals surface area contributed by atoms with Gasteiger partial charge in [0, 0.05) is 11.1 Å². The summed E-state index contributed by atoms with van der Waals surface area (Å²) >= 11 is 5.80. The molecule has 0 atom stereocenters. The van der Waals surface area contributed by atoms with Gasteiger partial charge in [-0.05, 0) is 49.2 Å². The molecule has 2 aromatic rings. The van der Waals surface area contributed by atoms with E-state index in [9.17, 15) is 13.2 Å². The maximum absolute atomic E-state index is 12.5. The van der Waals surface area contributed by atoms with Crippen LogP contribution >= 0.6 is 11.6 Å². The lowest BCUT2D eigenvalue weighted by atomic mass is 10.1. The van der Waals surface area contributed by atoms with Gasteiger partial charge in [0.2, 0.25) is 0 Å². The smallest absolute Gasteiger partial charge is 0.261 e. The highest BCUT2D eigenvalue weighted by molar-refractivity contribution is 7.92. The molecule has 0 spiro atoms. The Labute approximate surface area is 152 Å². The maximum atomic E-state index is 12.5. The van der Waals surface area contributed by atoms with Gasteiger partial charge >= 0.3 is 0 Å². The summed E-state index contributed by atoms with van der Waals surface area (Å²) in [4.78, 5) is 12.6. The van der Waals surface area contributed by atoms with Crippen molar-refractivity contribution in [3.05, 3.63) is 59.1 Å². The molecule has 25 heavy (non-hydrogen) atoms. The number of anilines is 1. The monoisotopic (exact) mass is 378 g/mol. The first-order valence-electron chi connectivity index (χ1n) is 8.14. The number of sulfonamides is 1. The third-order valence-corrected chi connectivity index (χ3v) is 5.86. The molecule has 1 saturated carbocycles. The molecule has 0 heterocycles. The van der Waals surface area contributed by atoms with Crippen LogP contribution < -0.4 is 10.0 Å². The second kappa shape index (κ2) is 7.45. The fourth-order valence-electron chi connectivity index (χ4n) is 2.92. The Kier molecular flexibility index (Phi) is 5.30. The Hall–Kier alpha value is -2.05. The number of carbonyl (C=O) groups excluding carboxylic acids is 1. The maximum Gasteiger partial charge on any atom is 0.261 e. The predicted octanol–water partition coefficient (Wildman–Crippen LogP) is 3.81. The first-order chi connectivity index (χ1) is 12.0. The van der Waals surface area contributed by atoms with E-state index in [2.05, 4.69) is 10.0 Å². The van der Waals surface area contributed by atoms with Gasteiger partial charge in [-0.15, -0.1) is 0 Å². The van der Waals surface area contributed by atoms with E-state index >= 15 is 0 Å². The van der Waals surface area contributed by atoms with Gasteiger partial charge in [0.05, 0.1) is 16.1 Å². The van der Waals surface area contributed by atoms with Crippen molar-refractivity contribution in [2.45, 2.75) is 36.6 Å². The van der Waals surface area contributed by atoms with Gasteiger partial charge in [-0.1, -0.05) is 36.6 Å². The number of halogens is 1. The minimum absolute atomic E-state index is 0.0860. The van der Waals surface area contributed by atoms with Crippen molar-refractivity contribution in [3.8, 4) is 0 Å². The molecule has 0 radical (unpaired) electrons. The van der Waals surface area contributed by atoms with Gasteiger partial charge in [0.15, 0.2) is 0 Å². The van der Waals surface area contributed by atoms with Crippen LogP contribution in [-0.4, -0.2) is 20.4 Å². The van der Waals surface area contributed by atoms with Crippen molar-refractivity contribution < 1.29 is 13.2 Å². The lowest BCUT2D eigenvalue weighted by Crippen LogP contribution is -2.33. The van der Waals surface area contributed by atoms with Gasteiger partial charge in [-0.25, -0.2) is 8.42 Å². The standard InChI is InChI=1S/C18H19ClN2O3S/c19-13-9-11-15(12-10-13)25(23,24)21-17-8-4-3-7-16(17)18(22)20-14-5-1-2-6-14/h3-4,7-12,14,21H,1-2,5-6H2,(H,20,22). The molecule has 3 rings (SSSR count). The minimum Gasteiger partial charge on any atom is -0.349 e. The summed E-state index contributed by atoms with van der Waals surface area (Å²) in [6.07, 6.45) is 4.14. The molecule has 132 valence electrons. The average Bonchev–Trinajstić information content (AvgIpc) is 3.08. The summed E-state index contributed by atoms with van der Waals surface area (Å²) in [5.41, 5.74) is 0.569. The molecule has 1 amide bonds. The molecule has 1 fully saturated rings. The molecule has 1 aliphatic carbocycles. The van der Waals surface area contributed by atoms with Crippen LogP contribution in [0, 0.1) is 0 Å². The highest BCUT2D eigenvalue weighted by atomic mass is 35.5. The first-order valence-corrected chi connectivity index (χ1v) is 10.00. The number of benzene rings is 2. The Morgan fingerprint density at radius 3 is 2.32 bits per heavy atom. The predicted molar refractivity (Wildman–Crippen MR) is 98.4 cm³/mol. The molecular formula is C18H19ClN2O3S. The minimum atomic E-state index is -3.80. The van der Waals surface area contributed by atoms with Crippen molar-refractivity contribution in [1.82, 2.24) is 5.32 Å². The fraction of sp³-hybridized carbons (Fsp3) is 0.278. The fourth-order valence-corrected chi connectivity index (χ4v) is 4.13. The SMILES string of the molecule is O=C(NC1CCCC1)c1ccccc1NS(=O)(=O)c1ccc(Cl)cc1. The van der Waals surface area contributed by atoms with Crippen LogP contribution in [0.3, 0.4) is 0 Å². The normalized spacial score (nSPS) is 15.1.